The third-order valence-corrected chi connectivity index (χ3v) is 5.90. The van der Waals surface area contributed by atoms with E-state index in [2.05, 4.69) is 6.07 Å². The Kier molecular flexibility index (Phi) is 3.46. The molecule has 1 saturated carbocycles. The largest absolute Gasteiger partial charge is 0.369 e. The SMILES string of the molecule is Cc1cccc(-c2ccccc2C(=O)N2C[C@@]3(C(N)=O)C[C@@H]3[C@@H]2C)c1. The summed E-state index contributed by atoms with van der Waals surface area (Å²) in [6.45, 7) is 4.51. The quantitative estimate of drug-likeness (QED) is 0.938. The summed E-state index contributed by atoms with van der Waals surface area (Å²) in [5.74, 6) is -0.0795. The number of likely N-dealkylation sites (tertiary alicyclic amines) is 1. The van der Waals surface area contributed by atoms with Crippen LogP contribution in [0.2, 0.25) is 0 Å². The smallest absolute Gasteiger partial charge is 0.254 e. The molecule has 0 bridgehead atoms. The molecular weight excluding hydrogens is 312 g/mol. The average Bonchev–Trinajstić information content (AvgIpc) is 3.28. The highest BCUT2D eigenvalue weighted by Gasteiger charge is 2.68. The van der Waals surface area contributed by atoms with E-state index in [1.54, 1.807) is 0 Å². The van der Waals surface area contributed by atoms with Crippen LogP contribution < -0.4 is 5.73 Å². The Morgan fingerprint density at radius 2 is 1.92 bits per heavy atom. The molecule has 1 aliphatic heterocycles. The molecule has 2 N–H and O–H groups in total. The fourth-order valence-electron chi connectivity index (χ4n) is 4.32. The van der Waals surface area contributed by atoms with Gasteiger partial charge in [0, 0.05) is 18.2 Å². The minimum absolute atomic E-state index is 0.0163. The molecule has 2 aliphatic rings. The molecule has 0 unspecified atom stereocenters. The van der Waals surface area contributed by atoms with Crippen LogP contribution in [0.4, 0.5) is 0 Å². The molecule has 1 aliphatic carbocycles. The summed E-state index contributed by atoms with van der Waals surface area (Å²) in [5, 5.41) is 0. The Bertz CT molecular complexity index is 876. The number of hydrogen-bond donors (Lipinski definition) is 1. The van der Waals surface area contributed by atoms with Gasteiger partial charge in [0.1, 0.15) is 0 Å². The molecule has 128 valence electrons. The summed E-state index contributed by atoms with van der Waals surface area (Å²) in [7, 11) is 0. The summed E-state index contributed by atoms with van der Waals surface area (Å²) in [5.41, 5.74) is 8.90. The second-order valence-electron chi connectivity index (χ2n) is 7.42. The van der Waals surface area contributed by atoms with Crippen LogP contribution in [-0.2, 0) is 4.79 Å². The van der Waals surface area contributed by atoms with Gasteiger partial charge in [0.25, 0.3) is 5.91 Å². The second kappa shape index (κ2) is 5.45. The van der Waals surface area contributed by atoms with E-state index < -0.39 is 5.41 Å². The molecule has 1 saturated heterocycles. The zero-order chi connectivity index (χ0) is 17.8. The number of fused-ring (bicyclic) bond motifs is 1. The molecule has 2 aromatic rings. The van der Waals surface area contributed by atoms with E-state index in [-0.39, 0.29) is 23.8 Å². The minimum Gasteiger partial charge on any atom is -0.369 e. The summed E-state index contributed by atoms with van der Waals surface area (Å²) < 4.78 is 0. The predicted octanol–water partition coefficient (Wildman–Crippen LogP) is 3.00. The van der Waals surface area contributed by atoms with Gasteiger partial charge in [-0.2, -0.15) is 0 Å². The summed E-state index contributed by atoms with van der Waals surface area (Å²) in [6.07, 6.45) is 0.812. The molecule has 0 radical (unpaired) electrons. The maximum atomic E-state index is 13.2. The van der Waals surface area contributed by atoms with Crippen molar-refractivity contribution < 1.29 is 9.59 Å². The minimum atomic E-state index is -0.493. The standard InChI is InChI=1S/C21H22N2O2/c1-13-6-5-7-15(10-13)16-8-3-4-9-17(16)19(24)23-12-21(20(22)25)11-18(21)14(23)2/h3-10,14,18H,11-12H2,1-2H3,(H2,22,25)/t14-,18+,21-/m0/s1. The third kappa shape index (κ3) is 2.36. The molecule has 0 spiro atoms. The van der Waals surface area contributed by atoms with Gasteiger partial charge in [-0.1, -0.05) is 48.0 Å². The van der Waals surface area contributed by atoms with Crippen LogP contribution in [0.1, 0.15) is 29.3 Å². The van der Waals surface area contributed by atoms with E-state index >= 15 is 0 Å². The van der Waals surface area contributed by atoms with E-state index in [0.29, 0.717) is 12.1 Å². The Morgan fingerprint density at radius 1 is 1.16 bits per heavy atom. The molecular formula is C21H22N2O2. The number of hydrogen-bond acceptors (Lipinski definition) is 2. The lowest BCUT2D eigenvalue weighted by Gasteiger charge is -2.26. The number of nitrogens with two attached hydrogens (primary N) is 1. The number of aryl methyl sites for hydroxylation is 1. The molecule has 0 aromatic heterocycles. The lowest BCUT2D eigenvalue weighted by Crippen LogP contribution is -2.39. The van der Waals surface area contributed by atoms with Crippen molar-refractivity contribution >= 4 is 11.8 Å². The van der Waals surface area contributed by atoms with Gasteiger partial charge in [-0.25, -0.2) is 0 Å². The molecule has 4 rings (SSSR count). The van der Waals surface area contributed by atoms with Crippen molar-refractivity contribution in [1.29, 1.82) is 0 Å². The number of benzene rings is 2. The van der Waals surface area contributed by atoms with Gasteiger partial charge in [0.15, 0.2) is 0 Å². The van der Waals surface area contributed by atoms with Crippen molar-refractivity contribution in [2.75, 3.05) is 6.54 Å². The van der Waals surface area contributed by atoms with Gasteiger partial charge >= 0.3 is 0 Å². The van der Waals surface area contributed by atoms with Crippen molar-refractivity contribution in [3.63, 3.8) is 0 Å². The highest BCUT2D eigenvalue weighted by molar-refractivity contribution is 6.02. The summed E-state index contributed by atoms with van der Waals surface area (Å²) in [6, 6.07) is 15.9. The maximum absolute atomic E-state index is 13.2. The van der Waals surface area contributed by atoms with Crippen LogP contribution in [-0.4, -0.2) is 29.3 Å². The molecule has 1 heterocycles. The van der Waals surface area contributed by atoms with Crippen molar-refractivity contribution in [3.8, 4) is 11.1 Å². The topological polar surface area (TPSA) is 63.4 Å². The average molecular weight is 334 g/mol. The normalized spacial score (nSPS) is 27.0. The van der Waals surface area contributed by atoms with Crippen molar-refractivity contribution in [2.45, 2.75) is 26.3 Å². The predicted molar refractivity (Wildman–Crippen MR) is 96.8 cm³/mol. The monoisotopic (exact) mass is 334 g/mol. The van der Waals surface area contributed by atoms with Gasteiger partial charge in [0.05, 0.1) is 5.41 Å². The van der Waals surface area contributed by atoms with Crippen LogP contribution in [0, 0.1) is 18.3 Å². The van der Waals surface area contributed by atoms with E-state index in [0.717, 1.165) is 23.1 Å². The first kappa shape index (κ1) is 15.9. The lowest BCUT2D eigenvalue weighted by molar-refractivity contribution is -0.123. The Balaban J connectivity index is 1.70. The molecule has 2 aromatic carbocycles. The highest BCUT2D eigenvalue weighted by Crippen LogP contribution is 2.60. The zero-order valence-corrected chi connectivity index (χ0v) is 14.5. The zero-order valence-electron chi connectivity index (χ0n) is 14.5. The fraction of sp³-hybridized carbons (Fsp3) is 0.333. The molecule has 4 heteroatoms. The van der Waals surface area contributed by atoms with Crippen LogP contribution in [0.3, 0.4) is 0 Å². The van der Waals surface area contributed by atoms with Gasteiger partial charge in [0.2, 0.25) is 5.91 Å². The van der Waals surface area contributed by atoms with Gasteiger partial charge in [-0.05, 0) is 43.4 Å². The molecule has 2 amide bonds. The number of carbonyl (C=O) groups is 2. The second-order valence-corrected chi connectivity index (χ2v) is 7.42. The Labute approximate surface area is 147 Å². The van der Waals surface area contributed by atoms with Gasteiger partial charge in [-0.3, -0.25) is 9.59 Å². The van der Waals surface area contributed by atoms with E-state index in [4.69, 9.17) is 5.73 Å². The summed E-state index contributed by atoms with van der Waals surface area (Å²) >= 11 is 0. The first-order valence-electron chi connectivity index (χ1n) is 8.71. The van der Waals surface area contributed by atoms with E-state index in [1.165, 1.54) is 0 Å². The molecule has 2 fully saturated rings. The lowest BCUT2D eigenvalue weighted by atomic mass is 9.97. The highest BCUT2D eigenvalue weighted by atomic mass is 16.2. The summed E-state index contributed by atoms with van der Waals surface area (Å²) in [4.78, 5) is 26.9. The van der Waals surface area contributed by atoms with Crippen molar-refractivity contribution in [1.82, 2.24) is 4.90 Å². The number of amides is 2. The first-order valence-corrected chi connectivity index (χ1v) is 8.71. The van der Waals surface area contributed by atoms with Crippen LogP contribution in [0.25, 0.3) is 11.1 Å². The van der Waals surface area contributed by atoms with E-state index in [1.807, 2.05) is 61.2 Å². The third-order valence-electron chi connectivity index (χ3n) is 5.90. The first-order chi connectivity index (χ1) is 11.9. The Hall–Kier alpha value is -2.62. The number of nitrogens with zero attached hydrogens (tertiary/aromatic N) is 1. The van der Waals surface area contributed by atoms with Crippen molar-refractivity contribution in [2.24, 2.45) is 17.1 Å². The van der Waals surface area contributed by atoms with Crippen molar-refractivity contribution in [3.05, 3.63) is 59.7 Å². The molecule has 25 heavy (non-hydrogen) atoms. The van der Waals surface area contributed by atoms with Crippen LogP contribution in [0.5, 0.6) is 0 Å². The van der Waals surface area contributed by atoms with Crippen LogP contribution >= 0.6 is 0 Å². The number of carbonyl (C=O) groups excluding carboxylic acids is 2. The van der Waals surface area contributed by atoms with E-state index in [9.17, 15) is 9.59 Å². The molecule has 3 atom stereocenters. The Morgan fingerprint density at radius 3 is 2.60 bits per heavy atom. The van der Waals surface area contributed by atoms with Gasteiger partial charge in [-0.15, -0.1) is 0 Å². The number of piperidine rings is 1. The number of primary amides is 1. The number of rotatable bonds is 3. The van der Waals surface area contributed by atoms with Gasteiger partial charge < -0.3 is 10.6 Å². The maximum Gasteiger partial charge on any atom is 0.254 e. The van der Waals surface area contributed by atoms with Crippen LogP contribution in [0.15, 0.2) is 48.5 Å². The molecule has 4 nitrogen and oxygen atoms in total. The fourth-order valence-corrected chi connectivity index (χ4v) is 4.32.